The number of anilines is 1. The van der Waals surface area contributed by atoms with Crippen molar-refractivity contribution in [3.63, 3.8) is 0 Å². The lowest BCUT2D eigenvalue weighted by Gasteiger charge is -2.37. The Balaban J connectivity index is 1.82. The third-order valence-electron chi connectivity index (χ3n) is 4.31. The summed E-state index contributed by atoms with van der Waals surface area (Å²) in [6.45, 7) is 9.36. The van der Waals surface area contributed by atoms with Crippen molar-refractivity contribution in [1.82, 2.24) is 15.5 Å². The Bertz CT molecular complexity index is 568. The summed E-state index contributed by atoms with van der Waals surface area (Å²) in [5.41, 5.74) is 2.47. The average molecular weight is 332 g/mol. The third-order valence-corrected chi connectivity index (χ3v) is 4.31. The molecule has 0 aromatic heterocycles. The van der Waals surface area contributed by atoms with Gasteiger partial charge in [0.05, 0.1) is 0 Å². The van der Waals surface area contributed by atoms with Crippen LogP contribution in [0, 0.1) is 6.92 Å². The van der Waals surface area contributed by atoms with Crippen LogP contribution in [-0.2, 0) is 4.79 Å². The molecule has 3 amide bonds. The van der Waals surface area contributed by atoms with Gasteiger partial charge in [-0.15, -0.1) is 0 Å². The van der Waals surface area contributed by atoms with E-state index < -0.39 is 6.04 Å². The fraction of sp³-hybridized carbons (Fsp3) is 0.556. The Morgan fingerprint density at radius 3 is 2.46 bits per heavy atom. The lowest BCUT2D eigenvalue weighted by molar-refractivity contribution is -0.122. The predicted octanol–water partition coefficient (Wildman–Crippen LogP) is 1.74. The summed E-state index contributed by atoms with van der Waals surface area (Å²) in [4.78, 5) is 28.2. The molecule has 1 aliphatic heterocycles. The van der Waals surface area contributed by atoms with Gasteiger partial charge in [0.15, 0.2) is 0 Å². The minimum absolute atomic E-state index is 0.135. The standard InChI is InChI=1S/C18H28N4O2/c1-4-9-19-17(23)15(3)20-18(24)22-12-10-21(11-13-22)16-8-6-5-7-14(16)2/h5-8,15H,4,9-13H2,1-3H3,(H,19,23)(H,20,24)/t15-/m1/s1. The first-order valence-electron chi connectivity index (χ1n) is 8.66. The summed E-state index contributed by atoms with van der Waals surface area (Å²) >= 11 is 0. The van der Waals surface area contributed by atoms with E-state index in [4.69, 9.17) is 0 Å². The van der Waals surface area contributed by atoms with Gasteiger partial charge >= 0.3 is 6.03 Å². The molecule has 24 heavy (non-hydrogen) atoms. The molecule has 1 heterocycles. The Labute approximate surface area is 144 Å². The molecule has 0 unspecified atom stereocenters. The summed E-state index contributed by atoms with van der Waals surface area (Å²) in [5, 5.41) is 5.58. The maximum atomic E-state index is 12.3. The van der Waals surface area contributed by atoms with Crippen LogP contribution < -0.4 is 15.5 Å². The minimum atomic E-state index is -0.515. The molecule has 6 nitrogen and oxygen atoms in total. The number of rotatable bonds is 5. The van der Waals surface area contributed by atoms with Crippen molar-refractivity contribution in [3.05, 3.63) is 29.8 Å². The van der Waals surface area contributed by atoms with Gasteiger partial charge in [-0.3, -0.25) is 4.79 Å². The van der Waals surface area contributed by atoms with Gasteiger partial charge in [-0.1, -0.05) is 25.1 Å². The molecule has 0 aliphatic carbocycles. The molecule has 1 aromatic rings. The number of hydrogen-bond donors (Lipinski definition) is 2. The van der Waals surface area contributed by atoms with Crippen LogP contribution >= 0.6 is 0 Å². The molecule has 1 aliphatic rings. The van der Waals surface area contributed by atoms with E-state index in [9.17, 15) is 9.59 Å². The zero-order valence-corrected chi connectivity index (χ0v) is 14.8. The summed E-state index contributed by atoms with van der Waals surface area (Å²) < 4.78 is 0. The van der Waals surface area contributed by atoms with Crippen molar-refractivity contribution in [2.75, 3.05) is 37.6 Å². The van der Waals surface area contributed by atoms with Crippen molar-refractivity contribution < 1.29 is 9.59 Å². The van der Waals surface area contributed by atoms with Crippen molar-refractivity contribution in [3.8, 4) is 0 Å². The van der Waals surface area contributed by atoms with E-state index in [1.165, 1.54) is 11.3 Å². The van der Waals surface area contributed by atoms with E-state index >= 15 is 0 Å². The van der Waals surface area contributed by atoms with Gasteiger partial charge in [-0.2, -0.15) is 0 Å². The van der Waals surface area contributed by atoms with E-state index in [0.717, 1.165) is 19.5 Å². The molecule has 0 saturated carbocycles. The van der Waals surface area contributed by atoms with Crippen LogP contribution in [0.1, 0.15) is 25.8 Å². The fourth-order valence-electron chi connectivity index (χ4n) is 2.81. The second-order valence-electron chi connectivity index (χ2n) is 6.22. The molecule has 1 aromatic carbocycles. The van der Waals surface area contributed by atoms with Gasteiger partial charge in [0.2, 0.25) is 5.91 Å². The van der Waals surface area contributed by atoms with E-state index in [2.05, 4.69) is 34.6 Å². The van der Waals surface area contributed by atoms with Crippen LogP contribution in [0.3, 0.4) is 0 Å². The zero-order chi connectivity index (χ0) is 17.5. The second kappa shape index (κ2) is 8.57. The molecular weight excluding hydrogens is 304 g/mol. The van der Waals surface area contributed by atoms with Crippen molar-refractivity contribution in [1.29, 1.82) is 0 Å². The predicted molar refractivity (Wildman–Crippen MR) is 96.3 cm³/mol. The molecule has 0 bridgehead atoms. The SMILES string of the molecule is CCCNC(=O)[C@@H](C)NC(=O)N1CCN(c2ccccc2C)CC1. The number of aryl methyl sites for hydroxylation is 1. The molecule has 0 radical (unpaired) electrons. The molecule has 1 fully saturated rings. The van der Waals surface area contributed by atoms with Gasteiger partial charge in [-0.05, 0) is 31.9 Å². The molecule has 2 N–H and O–H groups in total. The van der Waals surface area contributed by atoms with Crippen LogP contribution in [-0.4, -0.2) is 55.6 Å². The number of hydrogen-bond acceptors (Lipinski definition) is 3. The van der Waals surface area contributed by atoms with Crippen molar-refractivity contribution in [2.45, 2.75) is 33.2 Å². The number of carbonyl (C=O) groups excluding carboxylic acids is 2. The van der Waals surface area contributed by atoms with Gasteiger partial charge in [0, 0.05) is 38.4 Å². The maximum absolute atomic E-state index is 12.3. The monoisotopic (exact) mass is 332 g/mol. The molecule has 6 heteroatoms. The van der Waals surface area contributed by atoms with Crippen LogP contribution in [0.15, 0.2) is 24.3 Å². The van der Waals surface area contributed by atoms with Gasteiger partial charge in [0.1, 0.15) is 6.04 Å². The number of nitrogens with zero attached hydrogens (tertiary/aromatic N) is 2. The van der Waals surface area contributed by atoms with Crippen molar-refractivity contribution in [2.24, 2.45) is 0 Å². The summed E-state index contributed by atoms with van der Waals surface area (Å²) in [6, 6.07) is 7.61. The summed E-state index contributed by atoms with van der Waals surface area (Å²) in [5.74, 6) is -0.135. The van der Waals surface area contributed by atoms with Gasteiger partial charge in [-0.25, -0.2) is 4.79 Å². The topological polar surface area (TPSA) is 64.7 Å². The van der Waals surface area contributed by atoms with E-state index in [0.29, 0.717) is 19.6 Å². The summed E-state index contributed by atoms with van der Waals surface area (Å²) in [7, 11) is 0. The quantitative estimate of drug-likeness (QED) is 0.863. The maximum Gasteiger partial charge on any atom is 0.318 e. The highest BCUT2D eigenvalue weighted by Crippen LogP contribution is 2.20. The van der Waals surface area contributed by atoms with Crippen LogP contribution in [0.5, 0.6) is 0 Å². The number of amides is 3. The van der Waals surface area contributed by atoms with E-state index in [1.54, 1.807) is 11.8 Å². The number of urea groups is 1. The second-order valence-corrected chi connectivity index (χ2v) is 6.22. The normalized spacial score (nSPS) is 15.8. The number of benzene rings is 1. The number of piperazine rings is 1. The first kappa shape index (κ1) is 18.1. The van der Waals surface area contributed by atoms with Crippen LogP contribution in [0.4, 0.5) is 10.5 Å². The first-order valence-corrected chi connectivity index (χ1v) is 8.66. The molecule has 2 rings (SSSR count). The molecule has 132 valence electrons. The van der Waals surface area contributed by atoms with Crippen molar-refractivity contribution >= 4 is 17.6 Å². The average Bonchev–Trinajstić information content (AvgIpc) is 2.60. The molecule has 0 spiro atoms. The number of nitrogens with one attached hydrogen (secondary N) is 2. The molecule has 1 atom stereocenters. The van der Waals surface area contributed by atoms with Crippen LogP contribution in [0.25, 0.3) is 0 Å². The molecule has 1 saturated heterocycles. The largest absolute Gasteiger partial charge is 0.368 e. The van der Waals surface area contributed by atoms with E-state index in [-0.39, 0.29) is 11.9 Å². The highest BCUT2D eigenvalue weighted by Gasteiger charge is 2.24. The Morgan fingerprint density at radius 1 is 1.17 bits per heavy atom. The number of para-hydroxylation sites is 1. The Kier molecular flexibility index (Phi) is 6.46. The minimum Gasteiger partial charge on any atom is -0.368 e. The zero-order valence-electron chi connectivity index (χ0n) is 14.8. The van der Waals surface area contributed by atoms with E-state index in [1.807, 2.05) is 19.1 Å². The highest BCUT2D eigenvalue weighted by molar-refractivity contribution is 5.86. The lowest BCUT2D eigenvalue weighted by Crippen LogP contribution is -2.55. The van der Waals surface area contributed by atoms with Gasteiger partial charge < -0.3 is 20.4 Å². The third kappa shape index (κ3) is 4.63. The molecular formula is C18H28N4O2. The number of carbonyl (C=O) groups is 2. The lowest BCUT2D eigenvalue weighted by atomic mass is 10.1. The Morgan fingerprint density at radius 2 is 1.83 bits per heavy atom. The fourth-order valence-corrected chi connectivity index (χ4v) is 2.81. The first-order chi connectivity index (χ1) is 11.5. The highest BCUT2D eigenvalue weighted by atomic mass is 16.2. The van der Waals surface area contributed by atoms with Gasteiger partial charge in [0.25, 0.3) is 0 Å². The summed E-state index contributed by atoms with van der Waals surface area (Å²) in [6.07, 6.45) is 0.882. The van der Waals surface area contributed by atoms with Crippen LogP contribution in [0.2, 0.25) is 0 Å². The Hall–Kier alpha value is -2.24. The smallest absolute Gasteiger partial charge is 0.318 e.